The van der Waals surface area contributed by atoms with E-state index in [1.807, 2.05) is 56.3 Å². The van der Waals surface area contributed by atoms with Crippen LogP contribution in [0.4, 0.5) is 0 Å². The zero-order valence-corrected chi connectivity index (χ0v) is 17.4. The molecular weight excluding hydrogens is 376 g/mol. The van der Waals surface area contributed by atoms with Crippen LogP contribution in [0.5, 0.6) is 0 Å². The summed E-state index contributed by atoms with van der Waals surface area (Å²) in [5.41, 5.74) is 4.19. The van der Waals surface area contributed by atoms with Crippen LogP contribution >= 0.6 is 0 Å². The predicted molar refractivity (Wildman–Crippen MR) is 117 cm³/mol. The highest BCUT2D eigenvalue weighted by molar-refractivity contribution is 6.05. The van der Waals surface area contributed by atoms with Gasteiger partial charge in [-0.05, 0) is 43.4 Å². The van der Waals surface area contributed by atoms with E-state index < -0.39 is 5.97 Å². The second-order valence-corrected chi connectivity index (χ2v) is 7.93. The van der Waals surface area contributed by atoms with Gasteiger partial charge in [-0.3, -0.25) is 9.78 Å². The van der Waals surface area contributed by atoms with Crippen LogP contribution in [-0.2, 0) is 21.4 Å². The number of benzene rings is 2. The lowest BCUT2D eigenvalue weighted by atomic mass is 9.96. The number of rotatable bonds is 7. The van der Waals surface area contributed by atoms with E-state index >= 15 is 0 Å². The molecule has 30 heavy (non-hydrogen) atoms. The standard InChI is InChI=1S/C25H26N2O3/c1-3-20-17(2)23(19-11-7-8-12-21(19)27-20)24(29)30-15-22(28)26-16-25(13-14-25)18-9-5-4-6-10-18/h4-12H,3,13-16H2,1-2H3,(H,26,28). The highest BCUT2D eigenvalue weighted by atomic mass is 16.5. The van der Waals surface area contributed by atoms with Crippen LogP contribution in [0.2, 0.25) is 0 Å². The Kier molecular flexibility index (Phi) is 5.53. The topological polar surface area (TPSA) is 68.3 Å². The van der Waals surface area contributed by atoms with Crippen molar-refractivity contribution in [2.24, 2.45) is 0 Å². The zero-order chi connectivity index (χ0) is 21.1. The van der Waals surface area contributed by atoms with Gasteiger partial charge in [0.15, 0.2) is 6.61 Å². The molecule has 1 N–H and O–H groups in total. The number of carbonyl (C=O) groups excluding carboxylic acids is 2. The molecule has 5 nitrogen and oxygen atoms in total. The van der Waals surface area contributed by atoms with Gasteiger partial charge in [0.25, 0.3) is 5.91 Å². The average Bonchev–Trinajstić information content (AvgIpc) is 3.57. The van der Waals surface area contributed by atoms with Gasteiger partial charge in [-0.1, -0.05) is 55.5 Å². The van der Waals surface area contributed by atoms with E-state index in [1.54, 1.807) is 0 Å². The minimum atomic E-state index is -0.486. The first-order valence-corrected chi connectivity index (χ1v) is 10.4. The smallest absolute Gasteiger partial charge is 0.339 e. The Morgan fingerprint density at radius 1 is 1.07 bits per heavy atom. The molecule has 0 spiro atoms. The van der Waals surface area contributed by atoms with E-state index in [2.05, 4.69) is 22.4 Å². The van der Waals surface area contributed by atoms with Crippen LogP contribution in [0.3, 0.4) is 0 Å². The summed E-state index contributed by atoms with van der Waals surface area (Å²) in [6, 6.07) is 17.7. The SMILES string of the molecule is CCc1nc2ccccc2c(C(=O)OCC(=O)NCC2(c3ccccc3)CC2)c1C. The van der Waals surface area contributed by atoms with E-state index in [0.29, 0.717) is 12.1 Å². The highest BCUT2D eigenvalue weighted by Gasteiger charge is 2.44. The van der Waals surface area contributed by atoms with E-state index in [9.17, 15) is 9.59 Å². The molecule has 0 unspecified atom stereocenters. The fourth-order valence-corrected chi connectivity index (χ4v) is 4.00. The van der Waals surface area contributed by atoms with Crippen molar-refractivity contribution in [1.29, 1.82) is 0 Å². The largest absolute Gasteiger partial charge is 0.452 e. The van der Waals surface area contributed by atoms with Gasteiger partial charge in [0.1, 0.15) is 0 Å². The van der Waals surface area contributed by atoms with Crippen LogP contribution in [0.25, 0.3) is 10.9 Å². The van der Waals surface area contributed by atoms with Crippen LogP contribution in [0, 0.1) is 6.92 Å². The van der Waals surface area contributed by atoms with Crippen molar-refractivity contribution < 1.29 is 14.3 Å². The first kappa shape index (κ1) is 20.1. The first-order valence-electron chi connectivity index (χ1n) is 10.4. The third-order valence-electron chi connectivity index (χ3n) is 5.97. The molecule has 0 aliphatic heterocycles. The van der Waals surface area contributed by atoms with Crippen molar-refractivity contribution in [3.63, 3.8) is 0 Å². The maximum atomic E-state index is 12.9. The molecule has 1 amide bonds. The number of esters is 1. The number of pyridine rings is 1. The number of hydrogen-bond donors (Lipinski definition) is 1. The molecule has 1 aromatic heterocycles. The minimum Gasteiger partial charge on any atom is -0.452 e. The number of nitrogens with one attached hydrogen (secondary N) is 1. The number of hydrogen-bond acceptors (Lipinski definition) is 4. The normalized spacial score (nSPS) is 14.3. The number of para-hydroxylation sites is 1. The molecule has 0 radical (unpaired) electrons. The summed E-state index contributed by atoms with van der Waals surface area (Å²) in [5.74, 6) is -0.766. The molecule has 1 saturated carbocycles. The van der Waals surface area contributed by atoms with E-state index in [-0.39, 0.29) is 17.9 Å². The number of ether oxygens (including phenoxy) is 1. The van der Waals surface area contributed by atoms with Crippen LogP contribution in [0.15, 0.2) is 54.6 Å². The Labute approximate surface area is 176 Å². The third-order valence-corrected chi connectivity index (χ3v) is 5.97. The number of nitrogens with zero attached hydrogens (tertiary/aromatic N) is 1. The molecule has 0 bridgehead atoms. The molecular formula is C25H26N2O3. The van der Waals surface area contributed by atoms with Gasteiger partial charge in [-0.25, -0.2) is 4.79 Å². The van der Waals surface area contributed by atoms with Crippen molar-refractivity contribution in [2.45, 2.75) is 38.5 Å². The average molecular weight is 402 g/mol. The lowest BCUT2D eigenvalue weighted by Gasteiger charge is -2.17. The van der Waals surface area contributed by atoms with Crippen LogP contribution in [0.1, 0.15) is 46.9 Å². The summed E-state index contributed by atoms with van der Waals surface area (Å²) < 4.78 is 5.39. The Morgan fingerprint density at radius 3 is 2.47 bits per heavy atom. The van der Waals surface area contributed by atoms with Gasteiger partial charge in [-0.15, -0.1) is 0 Å². The van der Waals surface area contributed by atoms with Gasteiger partial charge < -0.3 is 10.1 Å². The van der Waals surface area contributed by atoms with Crippen molar-refractivity contribution in [1.82, 2.24) is 10.3 Å². The number of aryl methyl sites for hydroxylation is 1. The summed E-state index contributed by atoms with van der Waals surface area (Å²) in [6.45, 7) is 4.16. The van der Waals surface area contributed by atoms with Gasteiger partial charge in [-0.2, -0.15) is 0 Å². The summed E-state index contributed by atoms with van der Waals surface area (Å²) in [7, 11) is 0. The lowest BCUT2D eigenvalue weighted by molar-refractivity contribution is -0.124. The van der Waals surface area contributed by atoms with Gasteiger partial charge in [0.2, 0.25) is 0 Å². The van der Waals surface area contributed by atoms with Crippen molar-refractivity contribution in [2.75, 3.05) is 13.2 Å². The van der Waals surface area contributed by atoms with Gasteiger partial charge in [0, 0.05) is 23.0 Å². The van der Waals surface area contributed by atoms with Gasteiger partial charge in [0.05, 0.1) is 11.1 Å². The molecule has 1 aliphatic rings. The predicted octanol–water partition coefficient (Wildman–Crippen LogP) is 4.11. The molecule has 154 valence electrons. The van der Waals surface area contributed by atoms with Crippen molar-refractivity contribution in [3.8, 4) is 0 Å². The monoisotopic (exact) mass is 402 g/mol. The number of amides is 1. The quantitative estimate of drug-likeness (QED) is 0.604. The Morgan fingerprint density at radius 2 is 1.77 bits per heavy atom. The Hall–Kier alpha value is -3.21. The number of aromatic nitrogens is 1. The molecule has 4 rings (SSSR count). The number of fused-ring (bicyclic) bond motifs is 1. The van der Waals surface area contributed by atoms with Crippen molar-refractivity contribution in [3.05, 3.63) is 77.0 Å². The van der Waals surface area contributed by atoms with Gasteiger partial charge >= 0.3 is 5.97 Å². The summed E-state index contributed by atoms with van der Waals surface area (Å²) >= 11 is 0. The summed E-state index contributed by atoms with van der Waals surface area (Å²) in [4.78, 5) is 29.8. The molecule has 2 aromatic carbocycles. The zero-order valence-electron chi connectivity index (χ0n) is 17.4. The summed E-state index contributed by atoms with van der Waals surface area (Å²) in [5, 5.41) is 3.69. The molecule has 0 saturated heterocycles. The molecule has 3 aromatic rings. The maximum Gasteiger partial charge on any atom is 0.339 e. The molecule has 1 aliphatic carbocycles. The maximum absolute atomic E-state index is 12.9. The number of carbonyl (C=O) groups is 2. The Balaban J connectivity index is 1.42. The Bertz CT molecular complexity index is 1090. The van der Waals surface area contributed by atoms with E-state index in [4.69, 9.17) is 4.74 Å². The lowest BCUT2D eigenvalue weighted by Crippen LogP contribution is -2.35. The molecule has 0 atom stereocenters. The van der Waals surface area contributed by atoms with E-state index in [0.717, 1.165) is 41.4 Å². The minimum absolute atomic E-state index is 0.0227. The van der Waals surface area contributed by atoms with Crippen molar-refractivity contribution >= 4 is 22.8 Å². The molecule has 5 heteroatoms. The highest BCUT2D eigenvalue weighted by Crippen LogP contribution is 2.47. The fourth-order valence-electron chi connectivity index (χ4n) is 4.00. The molecule has 1 heterocycles. The van der Waals surface area contributed by atoms with Crippen LogP contribution in [-0.4, -0.2) is 30.0 Å². The third kappa shape index (κ3) is 3.92. The summed E-state index contributed by atoms with van der Waals surface area (Å²) in [6.07, 6.45) is 2.83. The van der Waals surface area contributed by atoms with Crippen LogP contribution < -0.4 is 5.32 Å². The second-order valence-electron chi connectivity index (χ2n) is 7.93. The molecule has 1 fully saturated rings. The second kappa shape index (κ2) is 8.27. The fraction of sp³-hybridized carbons (Fsp3) is 0.320. The first-order chi connectivity index (χ1) is 14.5. The van der Waals surface area contributed by atoms with E-state index in [1.165, 1.54) is 5.56 Å².